The Morgan fingerprint density at radius 1 is 1.44 bits per heavy atom. The van der Waals surface area contributed by atoms with Gasteiger partial charge in [0.15, 0.2) is 0 Å². The molecular formula is C12H13FN2O3. The molecule has 0 amide bonds. The Labute approximate surface area is 103 Å². The van der Waals surface area contributed by atoms with Gasteiger partial charge in [0, 0.05) is 12.0 Å². The van der Waals surface area contributed by atoms with Gasteiger partial charge in [0.2, 0.25) is 5.88 Å². The summed E-state index contributed by atoms with van der Waals surface area (Å²) < 4.78 is 18.7. The largest absolute Gasteiger partial charge is 0.480 e. The van der Waals surface area contributed by atoms with Gasteiger partial charge in [-0.2, -0.15) is 0 Å². The van der Waals surface area contributed by atoms with E-state index >= 15 is 0 Å². The lowest BCUT2D eigenvalue weighted by molar-refractivity contribution is 0.0950. The summed E-state index contributed by atoms with van der Waals surface area (Å²) in [6.07, 6.45) is 0.381. The monoisotopic (exact) mass is 252 g/mol. The van der Waals surface area contributed by atoms with Crippen molar-refractivity contribution in [1.82, 2.24) is 9.97 Å². The maximum absolute atomic E-state index is 13.8. The number of nitrogens with zero attached hydrogens (tertiary/aromatic N) is 2. The van der Waals surface area contributed by atoms with Crippen LogP contribution in [0.2, 0.25) is 0 Å². The molecule has 0 aliphatic heterocycles. The van der Waals surface area contributed by atoms with Crippen LogP contribution in [-0.4, -0.2) is 40.0 Å². The molecule has 0 radical (unpaired) electrons. The molecule has 2 rings (SSSR count). The van der Waals surface area contributed by atoms with Gasteiger partial charge in [0.25, 0.3) is 0 Å². The van der Waals surface area contributed by atoms with E-state index in [-0.39, 0.29) is 17.9 Å². The molecule has 18 heavy (non-hydrogen) atoms. The van der Waals surface area contributed by atoms with Gasteiger partial charge in [0.05, 0.1) is 37.1 Å². The number of methoxy groups -OCH3 is 1. The lowest BCUT2D eigenvalue weighted by atomic mass is 10.1. The zero-order valence-electron chi connectivity index (χ0n) is 9.80. The molecule has 1 aromatic heterocycles. The Bertz CT molecular complexity index is 562. The van der Waals surface area contributed by atoms with E-state index in [0.29, 0.717) is 11.0 Å². The summed E-state index contributed by atoms with van der Waals surface area (Å²) in [6, 6.07) is 2.77. The SMILES string of the molecule is COc1cnc2ccc(F)c(C[C@H](O)CO)c2n1. The summed E-state index contributed by atoms with van der Waals surface area (Å²) in [6.45, 7) is -0.437. The molecule has 0 bridgehead atoms. The van der Waals surface area contributed by atoms with E-state index in [9.17, 15) is 9.50 Å². The lowest BCUT2D eigenvalue weighted by Crippen LogP contribution is -2.16. The minimum atomic E-state index is -1.03. The Morgan fingerprint density at radius 3 is 2.89 bits per heavy atom. The van der Waals surface area contributed by atoms with Gasteiger partial charge in [0.1, 0.15) is 5.82 Å². The van der Waals surface area contributed by atoms with Gasteiger partial charge >= 0.3 is 0 Å². The Balaban J connectivity index is 2.56. The summed E-state index contributed by atoms with van der Waals surface area (Å²) in [4.78, 5) is 8.21. The highest BCUT2D eigenvalue weighted by atomic mass is 19.1. The first kappa shape index (κ1) is 12.7. The predicted octanol–water partition coefficient (Wildman–Crippen LogP) is 0.673. The summed E-state index contributed by atoms with van der Waals surface area (Å²) in [5.41, 5.74) is 1.07. The average molecular weight is 252 g/mol. The second kappa shape index (κ2) is 5.24. The van der Waals surface area contributed by atoms with Crippen LogP contribution in [0.5, 0.6) is 5.88 Å². The number of benzene rings is 1. The van der Waals surface area contributed by atoms with Crippen molar-refractivity contribution in [3.8, 4) is 5.88 Å². The molecule has 1 aromatic carbocycles. The maximum Gasteiger partial charge on any atom is 0.232 e. The quantitative estimate of drug-likeness (QED) is 0.836. The van der Waals surface area contributed by atoms with Crippen LogP contribution in [0.4, 0.5) is 4.39 Å². The van der Waals surface area contributed by atoms with Crippen LogP contribution < -0.4 is 4.74 Å². The zero-order valence-corrected chi connectivity index (χ0v) is 9.80. The molecule has 96 valence electrons. The molecule has 0 saturated heterocycles. The molecule has 0 unspecified atom stereocenters. The first-order valence-corrected chi connectivity index (χ1v) is 5.42. The van der Waals surface area contributed by atoms with Crippen LogP contribution in [0.25, 0.3) is 11.0 Å². The number of aromatic nitrogens is 2. The first-order chi connectivity index (χ1) is 8.65. The van der Waals surface area contributed by atoms with Crippen molar-refractivity contribution in [2.75, 3.05) is 13.7 Å². The maximum atomic E-state index is 13.8. The third-order valence-corrected chi connectivity index (χ3v) is 2.60. The summed E-state index contributed by atoms with van der Waals surface area (Å²) >= 11 is 0. The van der Waals surface area contributed by atoms with Crippen LogP contribution in [0.1, 0.15) is 5.56 Å². The molecule has 6 heteroatoms. The topological polar surface area (TPSA) is 75.5 Å². The molecule has 1 atom stereocenters. The van der Waals surface area contributed by atoms with Gasteiger partial charge < -0.3 is 14.9 Å². The molecule has 0 fully saturated rings. The second-order valence-corrected chi connectivity index (χ2v) is 3.85. The van der Waals surface area contributed by atoms with Gasteiger partial charge in [-0.3, -0.25) is 0 Å². The second-order valence-electron chi connectivity index (χ2n) is 3.85. The van der Waals surface area contributed by atoms with Crippen LogP contribution in [0, 0.1) is 5.82 Å². The van der Waals surface area contributed by atoms with E-state index in [0.717, 1.165) is 0 Å². The number of hydrogen-bond acceptors (Lipinski definition) is 5. The van der Waals surface area contributed by atoms with Gasteiger partial charge in [-0.05, 0) is 12.1 Å². The first-order valence-electron chi connectivity index (χ1n) is 5.42. The number of aliphatic hydroxyl groups is 2. The Kier molecular flexibility index (Phi) is 3.69. The molecule has 0 spiro atoms. The van der Waals surface area contributed by atoms with Crippen molar-refractivity contribution in [3.05, 3.63) is 29.7 Å². The summed E-state index contributed by atoms with van der Waals surface area (Å²) in [5, 5.41) is 18.3. The number of aliphatic hydroxyl groups excluding tert-OH is 2. The zero-order chi connectivity index (χ0) is 13.1. The van der Waals surface area contributed by atoms with Crippen LogP contribution in [-0.2, 0) is 6.42 Å². The van der Waals surface area contributed by atoms with E-state index in [1.165, 1.54) is 25.4 Å². The number of ether oxygens (including phenoxy) is 1. The molecule has 2 aromatic rings. The number of halogens is 1. The van der Waals surface area contributed by atoms with E-state index in [1.807, 2.05) is 0 Å². The normalized spacial score (nSPS) is 12.7. The fraction of sp³-hybridized carbons (Fsp3) is 0.333. The highest BCUT2D eigenvalue weighted by Gasteiger charge is 2.14. The Hall–Kier alpha value is -1.79. The highest BCUT2D eigenvalue weighted by molar-refractivity contribution is 5.78. The summed E-state index contributed by atoms with van der Waals surface area (Å²) in [5.74, 6) is -0.217. The fourth-order valence-corrected chi connectivity index (χ4v) is 1.68. The fourth-order valence-electron chi connectivity index (χ4n) is 1.68. The van der Waals surface area contributed by atoms with E-state index in [2.05, 4.69) is 9.97 Å². The summed E-state index contributed by atoms with van der Waals surface area (Å²) in [7, 11) is 1.44. The predicted molar refractivity (Wildman–Crippen MR) is 62.8 cm³/mol. The van der Waals surface area contributed by atoms with Crippen molar-refractivity contribution < 1.29 is 19.3 Å². The standard InChI is InChI=1S/C12H13FN2O3/c1-18-11-5-14-10-3-2-9(13)8(12(10)15-11)4-7(17)6-16/h2-3,5,7,16-17H,4,6H2,1H3/t7-/m0/s1. The molecule has 0 aliphatic carbocycles. The van der Waals surface area contributed by atoms with Crippen LogP contribution in [0.3, 0.4) is 0 Å². The molecule has 5 nitrogen and oxygen atoms in total. The van der Waals surface area contributed by atoms with Crippen molar-refractivity contribution >= 4 is 11.0 Å². The molecule has 1 heterocycles. The van der Waals surface area contributed by atoms with Gasteiger partial charge in [-0.1, -0.05) is 0 Å². The molecular weight excluding hydrogens is 239 g/mol. The van der Waals surface area contributed by atoms with Crippen molar-refractivity contribution in [2.24, 2.45) is 0 Å². The van der Waals surface area contributed by atoms with Crippen LogP contribution >= 0.6 is 0 Å². The average Bonchev–Trinajstić information content (AvgIpc) is 2.41. The number of hydrogen-bond donors (Lipinski definition) is 2. The minimum Gasteiger partial charge on any atom is -0.480 e. The molecule has 0 saturated carbocycles. The lowest BCUT2D eigenvalue weighted by Gasteiger charge is -2.11. The van der Waals surface area contributed by atoms with Crippen molar-refractivity contribution in [1.29, 1.82) is 0 Å². The van der Waals surface area contributed by atoms with Crippen molar-refractivity contribution in [2.45, 2.75) is 12.5 Å². The van der Waals surface area contributed by atoms with Gasteiger partial charge in [-0.25, -0.2) is 14.4 Å². The third-order valence-electron chi connectivity index (χ3n) is 2.60. The number of fused-ring (bicyclic) bond motifs is 1. The smallest absolute Gasteiger partial charge is 0.232 e. The van der Waals surface area contributed by atoms with E-state index in [1.54, 1.807) is 0 Å². The Morgan fingerprint density at radius 2 is 2.22 bits per heavy atom. The third kappa shape index (κ3) is 2.39. The van der Waals surface area contributed by atoms with E-state index < -0.39 is 18.5 Å². The van der Waals surface area contributed by atoms with E-state index in [4.69, 9.17) is 9.84 Å². The molecule has 0 aliphatic rings. The number of rotatable bonds is 4. The van der Waals surface area contributed by atoms with Crippen molar-refractivity contribution in [3.63, 3.8) is 0 Å². The minimum absolute atomic E-state index is 0.0263. The highest BCUT2D eigenvalue weighted by Crippen LogP contribution is 2.22. The van der Waals surface area contributed by atoms with Crippen LogP contribution in [0.15, 0.2) is 18.3 Å². The molecule has 2 N–H and O–H groups in total. The van der Waals surface area contributed by atoms with Gasteiger partial charge in [-0.15, -0.1) is 0 Å².